The first-order valence-electron chi connectivity index (χ1n) is 34.0. The van der Waals surface area contributed by atoms with Crippen molar-refractivity contribution in [1.82, 2.24) is 5.32 Å². The van der Waals surface area contributed by atoms with Crippen LogP contribution < -0.4 is 5.32 Å². The third-order valence-corrected chi connectivity index (χ3v) is 16.1. The molecule has 0 spiro atoms. The molecule has 0 heterocycles. The number of aliphatic hydroxyl groups is 2. The van der Waals surface area contributed by atoms with Crippen LogP contribution >= 0.6 is 0 Å². The van der Waals surface area contributed by atoms with Crippen LogP contribution in [0.1, 0.15) is 386 Å². The summed E-state index contributed by atoms with van der Waals surface area (Å²) in [5, 5.41) is 23.3. The van der Waals surface area contributed by atoms with E-state index in [1.165, 1.54) is 321 Å². The van der Waals surface area contributed by atoms with Crippen LogP contribution in [0.3, 0.4) is 0 Å². The van der Waals surface area contributed by atoms with Crippen LogP contribution in [0.25, 0.3) is 0 Å². The number of aliphatic hydroxyl groups excluding tert-OH is 2. The van der Waals surface area contributed by atoms with Gasteiger partial charge in [-0.1, -0.05) is 353 Å². The van der Waals surface area contributed by atoms with Gasteiger partial charge in [-0.05, 0) is 32.1 Å². The third-order valence-electron chi connectivity index (χ3n) is 16.1. The SMILES string of the molecule is CCCCCCCCCCCCCCCCCCCCCCCC/C=C/C(O)C(CO)NC(=O)CCCCCCCCCCCCCCCCCCCOC(=O)CCCCCCCCCCCCCCCCCC. The van der Waals surface area contributed by atoms with Crippen molar-refractivity contribution in [2.75, 3.05) is 13.2 Å². The molecule has 0 aromatic rings. The Morgan fingerprint density at radius 1 is 0.365 bits per heavy atom. The Bertz CT molecular complexity index is 1110. The maximum Gasteiger partial charge on any atom is 0.305 e. The summed E-state index contributed by atoms with van der Waals surface area (Å²) in [6.07, 6.45) is 78.4. The number of esters is 1. The average molecular weight is 1040 g/mol. The molecule has 0 aliphatic carbocycles. The minimum absolute atomic E-state index is 0.00921. The molecular weight excluding hydrogens is 911 g/mol. The summed E-state index contributed by atoms with van der Waals surface area (Å²) in [4.78, 5) is 24.6. The molecule has 2 atom stereocenters. The fourth-order valence-electron chi connectivity index (χ4n) is 10.9. The fraction of sp³-hybridized carbons (Fsp3) is 0.941. The number of rotatable bonds is 64. The van der Waals surface area contributed by atoms with Gasteiger partial charge in [0.1, 0.15) is 0 Å². The highest BCUT2D eigenvalue weighted by Gasteiger charge is 2.18. The Kier molecular flexibility index (Phi) is 62.9. The molecule has 0 saturated carbocycles. The van der Waals surface area contributed by atoms with Gasteiger partial charge in [0.05, 0.1) is 25.4 Å². The lowest BCUT2D eigenvalue weighted by Crippen LogP contribution is -2.45. The van der Waals surface area contributed by atoms with Gasteiger partial charge < -0.3 is 20.3 Å². The van der Waals surface area contributed by atoms with Crippen molar-refractivity contribution in [3.8, 4) is 0 Å². The van der Waals surface area contributed by atoms with Gasteiger partial charge in [-0.3, -0.25) is 9.59 Å². The van der Waals surface area contributed by atoms with Crippen molar-refractivity contribution in [3.63, 3.8) is 0 Å². The number of nitrogens with one attached hydrogen (secondary N) is 1. The van der Waals surface area contributed by atoms with Crippen LogP contribution in [0, 0.1) is 0 Å². The zero-order valence-corrected chi connectivity index (χ0v) is 50.4. The number of ether oxygens (including phenoxy) is 1. The van der Waals surface area contributed by atoms with Gasteiger partial charge in [0, 0.05) is 12.8 Å². The summed E-state index contributed by atoms with van der Waals surface area (Å²) < 4.78 is 5.50. The van der Waals surface area contributed by atoms with Crippen molar-refractivity contribution in [3.05, 3.63) is 12.2 Å². The Balaban J connectivity index is 3.42. The van der Waals surface area contributed by atoms with Crippen molar-refractivity contribution in [2.45, 2.75) is 398 Å². The predicted molar refractivity (Wildman–Crippen MR) is 324 cm³/mol. The maximum atomic E-state index is 12.5. The lowest BCUT2D eigenvalue weighted by molar-refractivity contribution is -0.143. The molecule has 0 aromatic carbocycles. The summed E-state index contributed by atoms with van der Waals surface area (Å²) in [6.45, 7) is 4.94. The molecule has 0 radical (unpaired) electrons. The largest absolute Gasteiger partial charge is 0.466 e. The van der Waals surface area contributed by atoms with Crippen molar-refractivity contribution in [2.24, 2.45) is 0 Å². The van der Waals surface area contributed by atoms with Crippen LogP contribution in [-0.4, -0.2) is 47.4 Å². The second-order valence-corrected chi connectivity index (χ2v) is 23.5. The first kappa shape index (κ1) is 72.6. The normalized spacial score (nSPS) is 12.5. The highest BCUT2D eigenvalue weighted by atomic mass is 16.5. The Hall–Kier alpha value is -1.40. The standard InChI is InChI=1S/C68H133NO5/c1-3-5-7-9-11-13-15-17-19-21-22-23-24-25-26-27-29-32-36-40-44-48-52-56-60-66(71)65(64-70)69-67(72)61-57-53-49-45-41-37-33-30-28-31-35-39-43-47-51-55-59-63-74-68(73)62-58-54-50-46-42-38-34-20-18-16-14-12-10-8-6-4-2/h56,60,65-66,70-71H,3-55,57-59,61-64H2,1-2H3,(H,69,72)/b60-56+. The summed E-state index contributed by atoms with van der Waals surface area (Å²) in [5.41, 5.74) is 0. The minimum atomic E-state index is -0.849. The molecular formula is C68H133NO5. The highest BCUT2D eigenvalue weighted by molar-refractivity contribution is 5.76. The van der Waals surface area contributed by atoms with E-state index in [0.717, 1.165) is 38.5 Å². The number of unbranched alkanes of at least 4 members (excludes halogenated alkanes) is 53. The molecule has 3 N–H and O–H groups in total. The van der Waals surface area contributed by atoms with Gasteiger partial charge >= 0.3 is 5.97 Å². The van der Waals surface area contributed by atoms with Gasteiger partial charge in [-0.2, -0.15) is 0 Å². The molecule has 0 fully saturated rings. The molecule has 0 bridgehead atoms. The number of carbonyl (C=O) groups excluding carboxylic acids is 2. The average Bonchev–Trinajstić information content (AvgIpc) is 3.40. The van der Waals surface area contributed by atoms with E-state index in [4.69, 9.17) is 4.74 Å². The van der Waals surface area contributed by atoms with Crippen LogP contribution in [0.2, 0.25) is 0 Å². The zero-order valence-electron chi connectivity index (χ0n) is 50.4. The van der Waals surface area contributed by atoms with Crippen LogP contribution in [0.5, 0.6) is 0 Å². The van der Waals surface area contributed by atoms with Crippen molar-refractivity contribution >= 4 is 11.9 Å². The molecule has 0 saturated heterocycles. The Labute approximate surface area is 463 Å². The minimum Gasteiger partial charge on any atom is -0.466 e. The number of allylic oxidation sites excluding steroid dienone is 1. The Morgan fingerprint density at radius 3 is 0.919 bits per heavy atom. The highest BCUT2D eigenvalue weighted by Crippen LogP contribution is 2.19. The number of hydrogen-bond acceptors (Lipinski definition) is 5. The van der Waals surface area contributed by atoms with Crippen LogP contribution in [0.4, 0.5) is 0 Å². The van der Waals surface area contributed by atoms with E-state index in [1.54, 1.807) is 6.08 Å². The number of carbonyl (C=O) groups is 2. The molecule has 2 unspecified atom stereocenters. The van der Waals surface area contributed by atoms with E-state index in [1.807, 2.05) is 6.08 Å². The monoisotopic (exact) mass is 1040 g/mol. The summed E-state index contributed by atoms with van der Waals surface area (Å²) in [5.74, 6) is -0.0591. The van der Waals surface area contributed by atoms with Gasteiger partial charge in [0.2, 0.25) is 5.91 Å². The van der Waals surface area contributed by atoms with E-state index < -0.39 is 12.1 Å². The van der Waals surface area contributed by atoms with Gasteiger partial charge in [0.25, 0.3) is 0 Å². The quantitative estimate of drug-likeness (QED) is 0.0320. The third kappa shape index (κ3) is 59.8. The predicted octanol–water partition coefficient (Wildman–Crippen LogP) is 21.6. The summed E-state index contributed by atoms with van der Waals surface area (Å²) in [6, 6.07) is -0.632. The topological polar surface area (TPSA) is 95.9 Å². The van der Waals surface area contributed by atoms with Crippen LogP contribution in [0.15, 0.2) is 12.2 Å². The van der Waals surface area contributed by atoms with Gasteiger partial charge in [0.15, 0.2) is 0 Å². The Morgan fingerprint density at radius 2 is 0.622 bits per heavy atom. The van der Waals surface area contributed by atoms with Crippen molar-refractivity contribution in [1.29, 1.82) is 0 Å². The molecule has 6 heteroatoms. The smallest absolute Gasteiger partial charge is 0.305 e. The maximum absolute atomic E-state index is 12.5. The first-order valence-corrected chi connectivity index (χ1v) is 34.0. The molecule has 440 valence electrons. The lowest BCUT2D eigenvalue weighted by Gasteiger charge is -2.20. The van der Waals surface area contributed by atoms with E-state index in [0.29, 0.717) is 19.4 Å². The van der Waals surface area contributed by atoms with E-state index in [-0.39, 0.29) is 18.5 Å². The zero-order chi connectivity index (χ0) is 53.6. The van der Waals surface area contributed by atoms with Gasteiger partial charge in [-0.15, -0.1) is 0 Å². The molecule has 0 rings (SSSR count). The molecule has 6 nitrogen and oxygen atoms in total. The van der Waals surface area contributed by atoms with Crippen LogP contribution in [-0.2, 0) is 14.3 Å². The van der Waals surface area contributed by atoms with E-state index in [2.05, 4.69) is 19.2 Å². The fourth-order valence-corrected chi connectivity index (χ4v) is 10.9. The number of amides is 1. The molecule has 0 aliphatic rings. The summed E-state index contributed by atoms with van der Waals surface area (Å²) in [7, 11) is 0. The lowest BCUT2D eigenvalue weighted by atomic mass is 10.0. The second kappa shape index (κ2) is 64.1. The molecule has 1 amide bonds. The van der Waals surface area contributed by atoms with E-state index >= 15 is 0 Å². The number of hydrogen-bond donors (Lipinski definition) is 3. The molecule has 0 aliphatic heterocycles. The first-order chi connectivity index (χ1) is 36.5. The van der Waals surface area contributed by atoms with E-state index in [9.17, 15) is 19.8 Å². The second-order valence-electron chi connectivity index (χ2n) is 23.5. The molecule has 0 aromatic heterocycles. The summed E-state index contributed by atoms with van der Waals surface area (Å²) >= 11 is 0. The molecule has 74 heavy (non-hydrogen) atoms. The van der Waals surface area contributed by atoms with Gasteiger partial charge in [-0.25, -0.2) is 0 Å². The van der Waals surface area contributed by atoms with Crippen molar-refractivity contribution < 1.29 is 24.5 Å².